The van der Waals surface area contributed by atoms with Crippen LogP contribution in [0.15, 0.2) is 6.07 Å². The Balaban J connectivity index is 2.58. The van der Waals surface area contributed by atoms with Crippen LogP contribution in [-0.4, -0.2) is 35.8 Å². The normalized spacial score (nSPS) is 11.2. The molecule has 1 aromatic rings. The molecule has 0 bridgehead atoms. The molecular weight excluding hydrogens is 278 g/mol. The van der Waals surface area contributed by atoms with Gasteiger partial charge in [-0.15, -0.1) is 0 Å². The van der Waals surface area contributed by atoms with Gasteiger partial charge in [0.05, 0.1) is 12.7 Å². The molecule has 0 saturated carbocycles. The quantitative estimate of drug-likeness (QED) is 0.632. The summed E-state index contributed by atoms with van der Waals surface area (Å²) < 4.78 is 11.2. The fourth-order valence-corrected chi connectivity index (χ4v) is 1.91. The molecule has 0 unspecified atom stereocenters. The van der Waals surface area contributed by atoms with Crippen molar-refractivity contribution >= 4 is 5.82 Å². The van der Waals surface area contributed by atoms with Gasteiger partial charge in [0.1, 0.15) is 11.6 Å². The molecular formula is C17H31N3O2. The lowest BCUT2D eigenvalue weighted by Crippen LogP contribution is -2.12. The van der Waals surface area contributed by atoms with Crippen LogP contribution in [0.2, 0.25) is 0 Å². The van der Waals surface area contributed by atoms with Crippen molar-refractivity contribution in [1.29, 1.82) is 0 Å². The van der Waals surface area contributed by atoms with E-state index >= 15 is 0 Å². The third-order valence-electron chi connectivity index (χ3n) is 2.87. The first-order valence-electron chi connectivity index (χ1n) is 8.37. The summed E-state index contributed by atoms with van der Waals surface area (Å²) >= 11 is 0. The SMILES string of the molecule is CCCOc1cc(NCCCOC(C)C)nc(CC(C)C)n1. The fourth-order valence-electron chi connectivity index (χ4n) is 1.91. The number of ether oxygens (including phenoxy) is 2. The van der Waals surface area contributed by atoms with Gasteiger partial charge < -0.3 is 14.8 Å². The van der Waals surface area contributed by atoms with Gasteiger partial charge in [-0.05, 0) is 32.6 Å². The number of nitrogens with zero attached hydrogens (tertiary/aromatic N) is 2. The van der Waals surface area contributed by atoms with E-state index in [1.165, 1.54) is 0 Å². The van der Waals surface area contributed by atoms with Crippen molar-refractivity contribution in [3.8, 4) is 5.88 Å². The van der Waals surface area contributed by atoms with Gasteiger partial charge in [0.25, 0.3) is 0 Å². The predicted octanol–water partition coefficient (Wildman–Crippen LogP) is 3.69. The Morgan fingerprint density at radius 1 is 1.14 bits per heavy atom. The van der Waals surface area contributed by atoms with Crippen LogP contribution in [0.1, 0.15) is 53.3 Å². The van der Waals surface area contributed by atoms with E-state index in [2.05, 4.69) is 36.1 Å². The maximum absolute atomic E-state index is 5.66. The van der Waals surface area contributed by atoms with Gasteiger partial charge >= 0.3 is 0 Å². The van der Waals surface area contributed by atoms with Crippen molar-refractivity contribution in [1.82, 2.24) is 9.97 Å². The van der Waals surface area contributed by atoms with E-state index in [1.807, 2.05) is 19.9 Å². The zero-order valence-electron chi connectivity index (χ0n) is 14.7. The summed E-state index contributed by atoms with van der Waals surface area (Å²) in [6.45, 7) is 12.8. The monoisotopic (exact) mass is 309 g/mol. The molecule has 1 aromatic heterocycles. The second kappa shape index (κ2) is 10.4. The summed E-state index contributed by atoms with van der Waals surface area (Å²) in [5.74, 6) is 2.85. The average molecular weight is 309 g/mol. The molecule has 0 atom stereocenters. The lowest BCUT2D eigenvalue weighted by molar-refractivity contribution is 0.0787. The van der Waals surface area contributed by atoms with Gasteiger partial charge in [0.15, 0.2) is 0 Å². The van der Waals surface area contributed by atoms with Crippen molar-refractivity contribution in [3.63, 3.8) is 0 Å². The van der Waals surface area contributed by atoms with E-state index < -0.39 is 0 Å². The van der Waals surface area contributed by atoms with Crippen molar-refractivity contribution in [2.24, 2.45) is 5.92 Å². The second-order valence-corrected chi connectivity index (χ2v) is 6.15. The Bertz CT molecular complexity index is 422. The molecule has 5 nitrogen and oxygen atoms in total. The maximum atomic E-state index is 5.66. The summed E-state index contributed by atoms with van der Waals surface area (Å²) in [6, 6.07) is 1.88. The molecule has 0 aliphatic heterocycles. The van der Waals surface area contributed by atoms with Crippen molar-refractivity contribution < 1.29 is 9.47 Å². The third kappa shape index (κ3) is 8.17. The molecule has 0 aromatic carbocycles. The zero-order valence-corrected chi connectivity index (χ0v) is 14.7. The molecule has 1 N–H and O–H groups in total. The molecule has 1 rings (SSSR count). The third-order valence-corrected chi connectivity index (χ3v) is 2.87. The van der Waals surface area contributed by atoms with E-state index in [0.717, 1.165) is 44.1 Å². The van der Waals surface area contributed by atoms with Crippen LogP contribution in [0.4, 0.5) is 5.82 Å². The van der Waals surface area contributed by atoms with Gasteiger partial charge in [-0.3, -0.25) is 0 Å². The molecule has 0 fully saturated rings. The van der Waals surface area contributed by atoms with Gasteiger partial charge in [0, 0.05) is 25.6 Å². The van der Waals surface area contributed by atoms with E-state index in [-0.39, 0.29) is 6.10 Å². The first-order valence-corrected chi connectivity index (χ1v) is 8.37. The topological polar surface area (TPSA) is 56.3 Å². The number of aromatic nitrogens is 2. The van der Waals surface area contributed by atoms with Crippen molar-refractivity contribution in [3.05, 3.63) is 11.9 Å². The first-order chi connectivity index (χ1) is 10.5. The van der Waals surface area contributed by atoms with E-state index in [4.69, 9.17) is 9.47 Å². The largest absolute Gasteiger partial charge is 0.478 e. The lowest BCUT2D eigenvalue weighted by atomic mass is 10.1. The van der Waals surface area contributed by atoms with Crippen LogP contribution < -0.4 is 10.1 Å². The summed E-state index contributed by atoms with van der Waals surface area (Å²) in [5.41, 5.74) is 0. The minimum absolute atomic E-state index is 0.283. The summed E-state index contributed by atoms with van der Waals surface area (Å²) in [4.78, 5) is 9.05. The Kier molecular flexibility index (Phi) is 8.82. The molecule has 0 radical (unpaired) electrons. The molecule has 22 heavy (non-hydrogen) atoms. The number of hydrogen-bond acceptors (Lipinski definition) is 5. The molecule has 0 saturated heterocycles. The lowest BCUT2D eigenvalue weighted by Gasteiger charge is -2.12. The molecule has 1 heterocycles. The Morgan fingerprint density at radius 2 is 1.91 bits per heavy atom. The number of anilines is 1. The van der Waals surface area contributed by atoms with Crippen molar-refractivity contribution in [2.45, 2.75) is 60.0 Å². The van der Waals surface area contributed by atoms with Crippen LogP contribution in [0.5, 0.6) is 5.88 Å². The standard InChI is InChI=1S/C17H31N3O2/c1-6-9-22-17-12-15(18-8-7-10-21-14(4)5)19-16(20-17)11-13(2)3/h12-14H,6-11H2,1-5H3,(H,18,19,20). The van der Waals surface area contributed by atoms with Crippen LogP contribution >= 0.6 is 0 Å². The van der Waals surface area contributed by atoms with E-state index in [0.29, 0.717) is 18.4 Å². The highest BCUT2D eigenvalue weighted by Gasteiger charge is 2.07. The van der Waals surface area contributed by atoms with Gasteiger partial charge in [-0.25, -0.2) is 4.98 Å². The molecule has 5 heteroatoms. The average Bonchev–Trinajstić information content (AvgIpc) is 2.43. The maximum Gasteiger partial charge on any atom is 0.218 e. The van der Waals surface area contributed by atoms with Crippen LogP contribution in [-0.2, 0) is 11.2 Å². The molecule has 0 aliphatic carbocycles. The highest BCUT2D eigenvalue weighted by molar-refractivity contribution is 5.38. The summed E-state index contributed by atoms with van der Waals surface area (Å²) in [5, 5.41) is 3.34. The van der Waals surface area contributed by atoms with Crippen LogP contribution in [0.3, 0.4) is 0 Å². The zero-order chi connectivity index (χ0) is 16.4. The Morgan fingerprint density at radius 3 is 2.55 bits per heavy atom. The second-order valence-electron chi connectivity index (χ2n) is 6.15. The molecule has 0 amide bonds. The van der Waals surface area contributed by atoms with Crippen molar-refractivity contribution in [2.75, 3.05) is 25.1 Å². The smallest absolute Gasteiger partial charge is 0.218 e. The molecule has 0 aliphatic rings. The van der Waals surface area contributed by atoms with E-state index in [1.54, 1.807) is 0 Å². The van der Waals surface area contributed by atoms with Gasteiger partial charge in [-0.1, -0.05) is 20.8 Å². The van der Waals surface area contributed by atoms with Gasteiger partial charge in [0.2, 0.25) is 5.88 Å². The molecule has 0 spiro atoms. The Labute approximate surface area is 134 Å². The number of hydrogen-bond donors (Lipinski definition) is 1. The molecule has 126 valence electrons. The highest BCUT2D eigenvalue weighted by atomic mass is 16.5. The highest BCUT2D eigenvalue weighted by Crippen LogP contribution is 2.16. The summed E-state index contributed by atoms with van der Waals surface area (Å²) in [7, 11) is 0. The Hall–Kier alpha value is -1.36. The number of rotatable bonds is 11. The minimum Gasteiger partial charge on any atom is -0.478 e. The first kappa shape index (κ1) is 18.7. The van der Waals surface area contributed by atoms with Crippen LogP contribution in [0, 0.1) is 5.92 Å². The minimum atomic E-state index is 0.283. The predicted molar refractivity (Wildman–Crippen MR) is 90.6 cm³/mol. The number of nitrogens with one attached hydrogen (secondary N) is 1. The van der Waals surface area contributed by atoms with Gasteiger partial charge in [-0.2, -0.15) is 4.98 Å². The summed E-state index contributed by atoms with van der Waals surface area (Å²) in [6.07, 6.45) is 3.06. The van der Waals surface area contributed by atoms with E-state index in [9.17, 15) is 0 Å². The van der Waals surface area contributed by atoms with Crippen LogP contribution in [0.25, 0.3) is 0 Å². The fraction of sp³-hybridized carbons (Fsp3) is 0.765.